The Labute approximate surface area is 226 Å². The third kappa shape index (κ3) is 7.59. The minimum absolute atomic E-state index is 0.00537. The Hall–Kier alpha value is -4.35. The van der Waals surface area contributed by atoms with Gasteiger partial charge in [-0.3, -0.25) is 19.2 Å². The Kier molecular flexibility index (Phi) is 12.0. The van der Waals surface area contributed by atoms with Gasteiger partial charge in [-0.2, -0.15) is 0 Å². The highest BCUT2D eigenvalue weighted by Crippen LogP contribution is 2.38. The second kappa shape index (κ2) is 15.2. The van der Waals surface area contributed by atoms with Crippen LogP contribution < -0.4 is 0 Å². The average Bonchev–Trinajstić information content (AvgIpc) is 2.90. The molecule has 39 heavy (non-hydrogen) atoms. The molecule has 0 radical (unpaired) electrons. The van der Waals surface area contributed by atoms with Crippen molar-refractivity contribution in [3.63, 3.8) is 0 Å². The first-order valence-corrected chi connectivity index (χ1v) is 12.5. The molecule has 2 rings (SSSR count). The summed E-state index contributed by atoms with van der Waals surface area (Å²) >= 11 is 0. The molecule has 0 aliphatic heterocycles. The molecule has 0 N–H and O–H groups in total. The van der Waals surface area contributed by atoms with Crippen LogP contribution in [0, 0.1) is 0 Å². The number of hydrogen-bond donors (Lipinski definition) is 0. The Morgan fingerprint density at radius 3 is 1.31 bits per heavy atom. The lowest BCUT2D eigenvalue weighted by Crippen LogP contribution is -2.30. The molecule has 12 heteroatoms. The molecule has 12 nitrogen and oxygen atoms in total. The van der Waals surface area contributed by atoms with Gasteiger partial charge >= 0.3 is 29.8 Å². The summed E-state index contributed by atoms with van der Waals surface area (Å²) in [5.74, 6) is -8.25. The standard InChI is InChI=1S/C27H32N2O10/c1-6-35-23(30)16-14-17(20(24(31)36-7-2)25(32)37-8-3)19(22-28-12-11-13-29-22)18(15-16)21(26(33)38-9-4)27(34)39-10-5/h11-15,20-21H,6-10H2,1-5H3. The number of nitrogens with zero attached hydrogens (tertiary/aromatic N) is 2. The van der Waals surface area contributed by atoms with E-state index < -0.39 is 41.7 Å². The summed E-state index contributed by atoms with van der Waals surface area (Å²) in [6, 6.07) is 4.00. The van der Waals surface area contributed by atoms with Crippen molar-refractivity contribution in [2.45, 2.75) is 46.5 Å². The minimum atomic E-state index is -1.72. The minimum Gasteiger partial charge on any atom is -0.465 e. The van der Waals surface area contributed by atoms with Crippen LogP contribution in [0.1, 0.15) is 67.9 Å². The van der Waals surface area contributed by atoms with Crippen LogP contribution in [-0.4, -0.2) is 72.8 Å². The highest BCUT2D eigenvalue weighted by molar-refractivity contribution is 6.07. The number of esters is 5. The summed E-state index contributed by atoms with van der Waals surface area (Å²) in [6.07, 6.45) is 2.78. The van der Waals surface area contributed by atoms with Crippen LogP contribution in [-0.2, 0) is 42.9 Å². The predicted molar refractivity (Wildman–Crippen MR) is 135 cm³/mol. The highest BCUT2D eigenvalue weighted by atomic mass is 16.6. The van der Waals surface area contributed by atoms with Crippen LogP contribution in [0.25, 0.3) is 11.4 Å². The van der Waals surface area contributed by atoms with Crippen LogP contribution in [0.3, 0.4) is 0 Å². The van der Waals surface area contributed by atoms with E-state index in [0.717, 1.165) is 0 Å². The lowest BCUT2D eigenvalue weighted by Gasteiger charge is -2.23. The second-order valence-electron chi connectivity index (χ2n) is 7.70. The highest BCUT2D eigenvalue weighted by Gasteiger charge is 2.41. The normalized spacial score (nSPS) is 10.6. The molecule has 0 saturated heterocycles. The Bertz CT molecular complexity index is 1090. The van der Waals surface area contributed by atoms with Crippen molar-refractivity contribution in [3.05, 3.63) is 47.3 Å². The van der Waals surface area contributed by atoms with E-state index in [4.69, 9.17) is 23.7 Å². The Balaban J connectivity index is 3.10. The van der Waals surface area contributed by atoms with Gasteiger partial charge in [-0.05, 0) is 63.9 Å². The van der Waals surface area contributed by atoms with Gasteiger partial charge in [0, 0.05) is 18.0 Å². The van der Waals surface area contributed by atoms with Crippen LogP contribution in [0.2, 0.25) is 0 Å². The zero-order valence-electron chi connectivity index (χ0n) is 22.6. The number of carbonyl (C=O) groups is 5. The fraction of sp³-hybridized carbons (Fsp3) is 0.444. The van der Waals surface area contributed by atoms with Crippen molar-refractivity contribution < 1.29 is 47.7 Å². The third-order valence-corrected chi connectivity index (χ3v) is 5.21. The number of carbonyl (C=O) groups excluding carboxylic acids is 5. The second-order valence-corrected chi connectivity index (χ2v) is 7.70. The van der Waals surface area contributed by atoms with Gasteiger partial charge in [0.25, 0.3) is 0 Å². The van der Waals surface area contributed by atoms with Crippen molar-refractivity contribution in [3.8, 4) is 11.4 Å². The quantitative estimate of drug-likeness (QED) is 0.207. The first-order chi connectivity index (χ1) is 18.7. The number of rotatable bonds is 13. The third-order valence-electron chi connectivity index (χ3n) is 5.21. The first-order valence-electron chi connectivity index (χ1n) is 12.5. The molecule has 0 fully saturated rings. The lowest BCUT2D eigenvalue weighted by molar-refractivity contribution is -0.158. The number of aromatic nitrogens is 2. The predicted octanol–water partition coefficient (Wildman–Crippen LogP) is 2.74. The summed E-state index contributed by atoms with van der Waals surface area (Å²) < 4.78 is 25.8. The van der Waals surface area contributed by atoms with Gasteiger partial charge in [-0.15, -0.1) is 0 Å². The van der Waals surface area contributed by atoms with E-state index in [1.807, 2.05) is 0 Å². The van der Waals surface area contributed by atoms with Crippen molar-refractivity contribution in [2.24, 2.45) is 0 Å². The molecular weight excluding hydrogens is 512 g/mol. The van der Waals surface area contributed by atoms with E-state index in [-0.39, 0.29) is 61.1 Å². The number of benzene rings is 1. The van der Waals surface area contributed by atoms with Crippen LogP contribution in [0.4, 0.5) is 0 Å². The van der Waals surface area contributed by atoms with E-state index in [9.17, 15) is 24.0 Å². The SMILES string of the molecule is CCOC(=O)c1cc(C(C(=O)OCC)C(=O)OCC)c(-c2ncccn2)c(C(C(=O)OCC)C(=O)OCC)c1. The Morgan fingerprint density at radius 2 is 0.974 bits per heavy atom. The van der Waals surface area contributed by atoms with Crippen LogP contribution >= 0.6 is 0 Å². The first kappa shape index (κ1) is 30.9. The molecule has 0 aliphatic rings. The molecule has 0 bridgehead atoms. The van der Waals surface area contributed by atoms with Gasteiger partial charge in [0.1, 0.15) is 0 Å². The Morgan fingerprint density at radius 1 is 0.615 bits per heavy atom. The summed E-state index contributed by atoms with van der Waals surface area (Å²) in [7, 11) is 0. The average molecular weight is 545 g/mol. The molecule has 1 heterocycles. The molecule has 210 valence electrons. The molecule has 0 amide bonds. The molecular formula is C27H32N2O10. The molecule has 0 saturated carbocycles. The molecule has 0 aliphatic carbocycles. The lowest BCUT2D eigenvalue weighted by atomic mass is 9.83. The van der Waals surface area contributed by atoms with E-state index in [1.165, 1.54) is 30.6 Å². The van der Waals surface area contributed by atoms with Gasteiger partial charge in [0.05, 0.1) is 38.6 Å². The molecule has 1 aromatic heterocycles. The van der Waals surface area contributed by atoms with Gasteiger partial charge in [0.15, 0.2) is 17.7 Å². The summed E-state index contributed by atoms with van der Waals surface area (Å²) in [5.41, 5.74) is -0.450. The van der Waals surface area contributed by atoms with E-state index in [2.05, 4.69) is 9.97 Å². The monoisotopic (exact) mass is 544 g/mol. The molecule has 0 unspecified atom stereocenters. The van der Waals surface area contributed by atoms with Crippen LogP contribution in [0.5, 0.6) is 0 Å². The molecule has 0 atom stereocenters. The van der Waals surface area contributed by atoms with Crippen molar-refractivity contribution in [2.75, 3.05) is 33.0 Å². The smallest absolute Gasteiger partial charge is 0.338 e. The van der Waals surface area contributed by atoms with Crippen LogP contribution in [0.15, 0.2) is 30.6 Å². The maximum atomic E-state index is 13.1. The van der Waals surface area contributed by atoms with E-state index >= 15 is 0 Å². The zero-order valence-corrected chi connectivity index (χ0v) is 22.6. The van der Waals surface area contributed by atoms with Crippen molar-refractivity contribution in [1.82, 2.24) is 9.97 Å². The van der Waals surface area contributed by atoms with Gasteiger partial charge in [-0.1, -0.05) is 0 Å². The van der Waals surface area contributed by atoms with Crippen molar-refractivity contribution in [1.29, 1.82) is 0 Å². The fourth-order valence-electron chi connectivity index (χ4n) is 3.76. The summed E-state index contributed by atoms with van der Waals surface area (Å²) in [6.45, 7) is 7.55. The summed E-state index contributed by atoms with van der Waals surface area (Å²) in [4.78, 5) is 73.9. The molecule has 2 aromatic rings. The van der Waals surface area contributed by atoms with E-state index in [0.29, 0.717) is 0 Å². The fourth-order valence-corrected chi connectivity index (χ4v) is 3.76. The van der Waals surface area contributed by atoms with Gasteiger partial charge in [-0.25, -0.2) is 14.8 Å². The van der Waals surface area contributed by atoms with Crippen molar-refractivity contribution >= 4 is 29.8 Å². The summed E-state index contributed by atoms with van der Waals surface area (Å²) in [5, 5.41) is 0. The zero-order chi connectivity index (χ0) is 28.9. The number of hydrogen-bond acceptors (Lipinski definition) is 12. The van der Waals surface area contributed by atoms with Gasteiger partial charge < -0.3 is 23.7 Å². The maximum Gasteiger partial charge on any atom is 0.338 e. The van der Waals surface area contributed by atoms with Gasteiger partial charge in [0.2, 0.25) is 0 Å². The molecule has 1 aromatic carbocycles. The topological polar surface area (TPSA) is 157 Å². The maximum absolute atomic E-state index is 13.1. The molecule has 0 spiro atoms. The number of ether oxygens (including phenoxy) is 5. The largest absolute Gasteiger partial charge is 0.465 e. The van der Waals surface area contributed by atoms with E-state index in [1.54, 1.807) is 34.6 Å².